The molecular weight excluding hydrogens is 386 g/mol. The van der Waals surface area contributed by atoms with Crippen LogP contribution in [0.15, 0.2) is 53.4 Å². The van der Waals surface area contributed by atoms with Crippen molar-refractivity contribution < 1.29 is 28.3 Å². The van der Waals surface area contributed by atoms with Gasteiger partial charge in [0.15, 0.2) is 0 Å². The van der Waals surface area contributed by atoms with Crippen molar-refractivity contribution >= 4 is 32.5 Å². The molecule has 0 atom stereocenters. The van der Waals surface area contributed by atoms with E-state index in [1.807, 2.05) is 31.1 Å². The SMILES string of the molecule is CN(C)c1cccc2c(S(=O)(=O)NCC(=O)On3c(O)ccc3O)cccc12. The first-order chi connectivity index (χ1) is 13.2. The topological polar surface area (TPSA) is 121 Å². The summed E-state index contributed by atoms with van der Waals surface area (Å²) in [6.45, 7) is -0.691. The van der Waals surface area contributed by atoms with Crippen molar-refractivity contribution in [3.8, 4) is 11.8 Å². The molecule has 0 saturated heterocycles. The molecule has 10 heteroatoms. The molecule has 2 aromatic carbocycles. The fourth-order valence-corrected chi connectivity index (χ4v) is 3.94. The van der Waals surface area contributed by atoms with Crippen LogP contribution in [0.1, 0.15) is 0 Å². The molecule has 0 aliphatic carbocycles. The summed E-state index contributed by atoms with van der Waals surface area (Å²) in [5.41, 5.74) is 0.854. The van der Waals surface area contributed by atoms with Crippen LogP contribution >= 0.6 is 0 Å². The van der Waals surface area contributed by atoms with Crippen LogP contribution < -0.4 is 14.5 Å². The zero-order valence-corrected chi connectivity index (χ0v) is 16.0. The second kappa shape index (κ2) is 7.41. The highest BCUT2D eigenvalue weighted by Crippen LogP contribution is 2.30. The molecule has 3 N–H and O–H groups in total. The monoisotopic (exact) mass is 405 g/mol. The summed E-state index contributed by atoms with van der Waals surface area (Å²) in [5.74, 6) is -2.02. The number of carbonyl (C=O) groups is 1. The number of anilines is 1. The van der Waals surface area contributed by atoms with Crippen LogP contribution in [0.25, 0.3) is 10.8 Å². The van der Waals surface area contributed by atoms with Gasteiger partial charge in [-0.25, -0.2) is 13.2 Å². The lowest BCUT2D eigenvalue weighted by Gasteiger charge is -2.17. The molecule has 1 aromatic heterocycles. The number of sulfonamides is 1. The summed E-state index contributed by atoms with van der Waals surface area (Å²) in [6, 6.07) is 12.4. The minimum absolute atomic E-state index is 0.0214. The molecule has 148 valence electrons. The Balaban J connectivity index is 1.84. The van der Waals surface area contributed by atoms with Gasteiger partial charge >= 0.3 is 5.97 Å². The number of nitrogens with zero attached hydrogens (tertiary/aromatic N) is 2. The first kappa shape index (κ1) is 19.5. The Labute approximate surface area is 161 Å². The number of hydrogen-bond acceptors (Lipinski definition) is 7. The predicted octanol–water partition coefficient (Wildman–Crippen LogP) is 1.05. The number of aromatic nitrogens is 1. The van der Waals surface area contributed by atoms with Crippen molar-refractivity contribution in [1.82, 2.24) is 9.45 Å². The van der Waals surface area contributed by atoms with Gasteiger partial charge in [-0.15, -0.1) is 4.73 Å². The lowest BCUT2D eigenvalue weighted by atomic mass is 10.1. The number of benzene rings is 2. The predicted molar refractivity (Wildman–Crippen MR) is 103 cm³/mol. The van der Waals surface area contributed by atoms with E-state index in [1.165, 1.54) is 6.07 Å². The average Bonchev–Trinajstić information content (AvgIpc) is 2.97. The summed E-state index contributed by atoms with van der Waals surface area (Å²) in [5, 5.41) is 20.2. The molecule has 0 bridgehead atoms. The van der Waals surface area contributed by atoms with Crippen LogP contribution in [0.3, 0.4) is 0 Å². The summed E-state index contributed by atoms with van der Waals surface area (Å²) in [7, 11) is -0.312. The Morgan fingerprint density at radius 1 is 1.04 bits per heavy atom. The average molecular weight is 405 g/mol. The van der Waals surface area contributed by atoms with E-state index in [2.05, 4.69) is 4.72 Å². The Kier molecular flexibility index (Phi) is 5.16. The first-order valence-corrected chi connectivity index (χ1v) is 9.68. The number of fused-ring (bicyclic) bond motifs is 1. The van der Waals surface area contributed by atoms with E-state index in [4.69, 9.17) is 4.84 Å². The molecule has 3 aromatic rings. The van der Waals surface area contributed by atoms with Gasteiger partial charge in [0, 0.05) is 42.7 Å². The van der Waals surface area contributed by atoms with Crippen LogP contribution in [0.4, 0.5) is 5.69 Å². The molecule has 0 saturated carbocycles. The second-order valence-corrected chi connectivity index (χ2v) is 7.89. The summed E-state index contributed by atoms with van der Waals surface area (Å²) in [4.78, 5) is 18.5. The lowest BCUT2D eigenvalue weighted by Crippen LogP contribution is -2.34. The van der Waals surface area contributed by atoms with E-state index >= 15 is 0 Å². The Morgan fingerprint density at radius 3 is 2.29 bits per heavy atom. The molecule has 0 amide bonds. The Hall–Kier alpha value is -3.24. The third kappa shape index (κ3) is 3.73. The molecule has 3 rings (SSSR count). The van der Waals surface area contributed by atoms with Gasteiger partial charge in [0.1, 0.15) is 6.54 Å². The molecule has 9 nitrogen and oxygen atoms in total. The second-order valence-electron chi connectivity index (χ2n) is 6.15. The summed E-state index contributed by atoms with van der Waals surface area (Å²) in [6.07, 6.45) is 0. The van der Waals surface area contributed by atoms with Gasteiger partial charge in [-0.1, -0.05) is 24.3 Å². The number of rotatable bonds is 6. The molecule has 0 radical (unpaired) electrons. The maximum absolute atomic E-state index is 12.7. The number of aromatic hydroxyl groups is 2. The fourth-order valence-electron chi connectivity index (χ4n) is 2.75. The highest BCUT2D eigenvalue weighted by molar-refractivity contribution is 7.89. The van der Waals surface area contributed by atoms with E-state index in [0.717, 1.165) is 23.2 Å². The van der Waals surface area contributed by atoms with Crippen molar-refractivity contribution in [2.75, 3.05) is 25.5 Å². The molecule has 1 heterocycles. The Morgan fingerprint density at radius 2 is 1.64 bits per heavy atom. The van der Waals surface area contributed by atoms with Crippen LogP contribution in [0, 0.1) is 0 Å². The highest BCUT2D eigenvalue weighted by Gasteiger charge is 2.21. The number of hydrogen-bond donors (Lipinski definition) is 3. The molecule has 0 fully saturated rings. The van der Waals surface area contributed by atoms with Crippen LogP contribution in [0.2, 0.25) is 0 Å². The lowest BCUT2D eigenvalue weighted by molar-refractivity contribution is -0.144. The van der Waals surface area contributed by atoms with E-state index in [1.54, 1.807) is 18.2 Å². The Bertz CT molecular complexity index is 1120. The smallest absolute Gasteiger partial charge is 0.347 e. The van der Waals surface area contributed by atoms with Crippen molar-refractivity contribution in [2.24, 2.45) is 0 Å². The number of carbonyl (C=O) groups excluding carboxylic acids is 1. The van der Waals surface area contributed by atoms with E-state index in [9.17, 15) is 23.4 Å². The van der Waals surface area contributed by atoms with Crippen molar-refractivity contribution in [3.63, 3.8) is 0 Å². The van der Waals surface area contributed by atoms with Gasteiger partial charge in [-0.3, -0.25) is 0 Å². The fraction of sp³-hybridized carbons (Fsp3) is 0.167. The third-order valence-electron chi connectivity index (χ3n) is 4.03. The normalized spacial score (nSPS) is 11.5. The quantitative estimate of drug-likeness (QED) is 0.560. The van der Waals surface area contributed by atoms with Crippen molar-refractivity contribution in [2.45, 2.75) is 4.90 Å². The maximum Gasteiger partial charge on any atom is 0.347 e. The standard InChI is InChI=1S/C18H19N3O6S/c1-20(2)14-7-3-6-13-12(14)5-4-8-15(13)28(25,26)19-11-18(24)27-21-16(22)9-10-17(21)23/h3-10,19,22-23H,11H2,1-2H3. The molecule has 0 spiro atoms. The zero-order chi connectivity index (χ0) is 20.5. The number of nitrogens with one attached hydrogen (secondary N) is 1. The van der Waals surface area contributed by atoms with Gasteiger partial charge in [-0.05, 0) is 12.1 Å². The molecule has 0 unspecified atom stereocenters. The minimum Gasteiger partial charge on any atom is -0.492 e. The maximum atomic E-state index is 12.7. The molecule has 0 aliphatic rings. The largest absolute Gasteiger partial charge is 0.492 e. The van der Waals surface area contributed by atoms with Crippen LogP contribution in [-0.4, -0.2) is 50.0 Å². The van der Waals surface area contributed by atoms with Crippen LogP contribution in [0.5, 0.6) is 11.8 Å². The van der Waals surface area contributed by atoms with E-state index in [0.29, 0.717) is 10.1 Å². The van der Waals surface area contributed by atoms with Gasteiger partial charge in [0.05, 0.1) is 4.90 Å². The first-order valence-electron chi connectivity index (χ1n) is 8.20. The highest BCUT2D eigenvalue weighted by atomic mass is 32.2. The summed E-state index contributed by atoms with van der Waals surface area (Å²) >= 11 is 0. The van der Waals surface area contributed by atoms with Gasteiger partial charge in [0.25, 0.3) is 0 Å². The molecular formula is C18H19N3O6S. The molecule has 0 aliphatic heterocycles. The third-order valence-corrected chi connectivity index (χ3v) is 5.49. The van der Waals surface area contributed by atoms with Gasteiger partial charge in [-0.2, -0.15) is 4.72 Å². The van der Waals surface area contributed by atoms with Crippen molar-refractivity contribution in [3.05, 3.63) is 48.5 Å². The van der Waals surface area contributed by atoms with E-state index in [-0.39, 0.29) is 4.90 Å². The van der Waals surface area contributed by atoms with E-state index < -0.39 is 34.3 Å². The summed E-state index contributed by atoms with van der Waals surface area (Å²) < 4.78 is 28.1. The van der Waals surface area contributed by atoms with Gasteiger partial charge in [0.2, 0.25) is 21.8 Å². The zero-order valence-electron chi connectivity index (χ0n) is 15.2. The van der Waals surface area contributed by atoms with Crippen LogP contribution in [-0.2, 0) is 14.8 Å². The van der Waals surface area contributed by atoms with Gasteiger partial charge < -0.3 is 20.0 Å². The minimum atomic E-state index is -4.03. The van der Waals surface area contributed by atoms with Crippen molar-refractivity contribution in [1.29, 1.82) is 0 Å². The molecule has 28 heavy (non-hydrogen) atoms.